The van der Waals surface area contributed by atoms with Crippen LogP contribution in [0.15, 0.2) is 54.6 Å². The molecule has 0 bridgehead atoms. The number of rotatable bonds is 12. The molecule has 242 valence electrons. The fraction of sp³-hybridized carbons (Fsp3) is 0.364. The van der Waals surface area contributed by atoms with Crippen LogP contribution in [0.1, 0.15) is 67.8 Å². The first kappa shape index (κ1) is 36.7. The van der Waals surface area contributed by atoms with Crippen molar-refractivity contribution >= 4 is 78.2 Å². The van der Waals surface area contributed by atoms with E-state index >= 15 is 0 Å². The molecule has 0 aliphatic carbocycles. The topological polar surface area (TPSA) is 93.7 Å². The smallest absolute Gasteiger partial charge is 0.328 e. The Morgan fingerprint density at radius 1 is 0.733 bits per heavy atom. The third-order valence-electron chi connectivity index (χ3n) is 7.88. The van der Waals surface area contributed by atoms with Crippen molar-refractivity contribution in [1.82, 2.24) is 5.32 Å². The lowest BCUT2D eigenvalue weighted by Gasteiger charge is -2.42. The number of carbonyl (C=O) groups excluding carboxylic acids is 3. The van der Waals surface area contributed by atoms with E-state index in [1.54, 1.807) is 54.6 Å². The van der Waals surface area contributed by atoms with Crippen LogP contribution in [0.2, 0.25) is 36.7 Å². The fourth-order valence-corrected chi connectivity index (χ4v) is 12.3. The Labute approximate surface area is 286 Å². The highest BCUT2D eigenvalue weighted by Crippen LogP contribution is 2.44. The second-order valence-corrected chi connectivity index (χ2v) is 18.7. The van der Waals surface area contributed by atoms with Gasteiger partial charge in [-0.2, -0.15) is 0 Å². The fourth-order valence-electron chi connectivity index (χ4n) is 5.82. The molecular formula is C33H38Cl4N2O5Si. The second-order valence-electron chi connectivity index (χ2n) is 11.7. The van der Waals surface area contributed by atoms with Crippen LogP contribution in [0.25, 0.3) is 0 Å². The van der Waals surface area contributed by atoms with Gasteiger partial charge in [-0.3, -0.25) is 9.59 Å². The minimum Gasteiger partial charge on any atom is -0.543 e. The third kappa shape index (κ3) is 8.54. The zero-order valence-electron chi connectivity index (χ0n) is 26.3. The number of hydrogen-bond donors (Lipinski definition) is 2. The van der Waals surface area contributed by atoms with Gasteiger partial charge in [0, 0.05) is 12.1 Å². The van der Waals surface area contributed by atoms with E-state index in [9.17, 15) is 14.4 Å². The summed E-state index contributed by atoms with van der Waals surface area (Å²) in [4.78, 5) is 38.8. The predicted molar refractivity (Wildman–Crippen MR) is 186 cm³/mol. The van der Waals surface area contributed by atoms with Crippen LogP contribution in [-0.2, 0) is 16.0 Å². The van der Waals surface area contributed by atoms with Crippen LogP contribution in [0.5, 0.6) is 5.75 Å². The number of amides is 2. The van der Waals surface area contributed by atoms with Crippen molar-refractivity contribution in [3.63, 3.8) is 0 Å². The Bertz CT molecular complexity index is 1480. The Balaban J connectivity index is 1.78. The molecule has 0 aliphatic rings. The van der Waals surface area contributed by atoms with Gasteiger partial charge < -0.3 is 19.8 Å². The second kappa shape index (κ2) is 15.7. The zero-order valence-corrected chi connectivity index (χ0v) is 30.3. The van der Waals surface area contributed by atoms with Gasteiger partial charge in [-0.15, -0.1) is 0 Å². The molecule has 3 aromatic carbocycles. The number of anilines is 1. The van der Waals surface area contributed by atoms with Gasteiger partial charge >= 0.3 is 5.97 Å². The van der Waals surface area contributed by atoms with Crippen molar-refractivity contribution in [3.05, 3.63) is 91.4 Å². The van der Waals surface area contributed by atoms with Crippen molar-refractivity contribution in [2.75, 3.05) is 12.4 Å². The van der Waals surface area contributed by atoms with E-state index in [0.29, 0.717) is 33.6 Å². The Morgan fingerprint density at radius 2 is 1.22 bits per heavy atom. The van der Waals surface area contributed by atoms with Crippen LogP contribution in [0, 0.1) is 0 Å². The zero-order chi connectivity index (χ0) is 33.6. The highest BCUT2D eigenvalue weighted by atomic mass is 35.5. The van der Waals surface area contributed by atoms with E-state index in [-0.39, 0.29) is 37.6 Å². The maximum absolute atomic E-state index is 13.4. The van der Waals surface area contributed by atoms with Crippen molar-refractivity contribution in [3.8, 4) is 5.75 Å². The lowest BCUT2D eigenvalue weighted by atomic mass is 10.0. The first-order chi connectivity index (χ1) is 21.1. The molecule has 0 saturated heterocycles. The maximum Gasteiger partial charge on any atom is 0.328 e. The summed E-state index contributed by atoms with van der Waals surface area (Å²) in [5.74, 6) is -1.23. The van der Waals surface area contributed by atoms with E-state index in [0.717, 1.165) is 0 Å². The molecule has 0 spiro atoms. The molecule has 0 aromatic heterocycles. The molecular weight excluding hydrogens is 674 g/mol. The number of ether oxygens (including phenoxy) is 1. The summed E-state index contributed by atoms with van der Waals surface area (Å²) < 4.78 is 11.6. The van der Waals surface area contributed by atoms with Gasteiger partial charge in [0.15, 0.2) is 0 Å². The molecule has 0 radical (unpaired) electrons. The van der Waals surface area contributed by atoms with Gasteiger partial charge in [0.25, 0.3) is 20.1 Å². The summed E-state index contributed by atoms with van der Waals surface area (Å²) in [5, 5.41) is 6.13. The standard InChI is InChI=1S/C33H38Cl4N2O5Si/c1-18(2)45(19(3)4,20(5)6)44-23-16-26(36)30(27(37)17-23)32(41)39-28(33(42)43-7)15-21-11-13-22(14-12-21)38-31(40)29-24(34)9-8-10-25(29)35/h8-14,16-20,28H,15H2,1-7H3,(H,38,40)(H,39,41). The average Bonchev–Trinajstić information content (AvgIpc) is 2.95. The van der Waals surface area contributed by atoms with Crippen molar-refractivity contribution < 1.29 is 23.5 Å². The molecule has 0 saturated carbocycles. The first-order valence-electron chi connectivity index (χ1n) is 14.5. The quantitative estimate of drug-likeness (QED) is 0.144. The summed E-state index contributed by atoms with van der Waals surface area (Å²) >= 11 is 25.5. The summed E-state index contributed by atoms with van der Waals surface area (Å²) in [5.41, 5.74) is 2.34. The van der Waals surface area contributed by atoms with Crippen molar-refractivity contribution in [1.29, 1.82) is 0 Å². The number of halogens is 4. The van der Waals surface area contributed by atoms with E-state index < -0.39 is 32.1 Å². The van der Waals surface area contributed by atoms with Crippen molar-refractivity contribution in [2.45, 2.75) is 70.6 Å². The Morgan fingerprint density at radius 3 is 1.69 bits per heavy atom. The van der Waals surface area contributed by atoms with E-state index in [2.05, 4.69) is 52.2 Å². The van der Waals surface area contributed by atoms with Crippen LogP contribution < -0.4 is 15.1 Å². The molecule has 0 aliphatic heterocycles. The Hall–Kier alpha value is -2.75. The SMILES string of the molecule is COC(=O)C(Cc1ccc(NC(=O)c2c(Cl)cccc2Cl)cc1)NC(=O)c1c(Cl)cc(O[Si](C(C)C)(C(C)C)C(C)C)cc1Cl. The van der Waals surface area contributed by atoms with E-state index in [1.165, 1.54) is 7.11 Å². The van der Waals surface area contributed by atoms with Crippen LogP contribution in [-0.4, -0.2) is 39.3 Å². The van der Waals surface area contributed by atoms with Crippen LogP contribution in [0.4, 0.5) is 5.69 Å². The lowest BCUT2D eigenvalue weighted by Crippen LogP contribution is -2.50. The molecule has 2 amide bonds. The minimum absolute atomic E-state index is 0.0294. The molecule has 1 atom stereocenters. The monoisotopic (exact) mass is 710 g/mol. The van der Waals surface area contributed by atoms with E-state index in [1.807, 2.05) is 0 Å². The molecule has 12 heteroatoms. The number of benzene rings is 3. The van der Waals surface area contributed by atoms with Gasteiger partial charge in [0.2, 0.25) is 0 Å². The largest absolute Gasteiger partial charge is 0.543 e. The summed E-state index contributed by atoms with van der Waals surface area (Å²) in [6.45, 7) is 13.0. The molecule has 0 heterocycles. The average molecular weight is 713 g/mol. The molecule has 0 fully saturated rings. The normalized spacial score (nSPS) is 12.3. The molecule has 7 nitrogen and oxygen atoms in total. The highest BCUT2D eigenvalue weighted by Gasteiger charge is 2.47. The third-order valence-corrected chi connectivity index (χ3v) is 15.1. The number of carbonyl (C=O) groups is 3. The predicted octanol–water partition coefficient (Wildman–Crippen LogP) is 9.62. The number of hydrogen-bond acceptors (Lipinski definition) is 5. The molecule has 2 N–H and O–H groups in total. The van der Waals surface area contributed by atoms with E-state index in [4.69, 9.17) is 55.6 Å². The van der Waals surface area contributed by atoms with Gasteiger partial charge in [0.1, 0.15) is 11.8 Å². The highest BCUT2D eigenvalue weighted by molar-refractivity contribution is 6.78. The number of methoxy groups -OCH3 is 1. The maximum atomic E-state index is 13.4. The summed E-state index contributed by atoms with van der Waals surface area (Å²) in [7, 11) is -1.06. The minimum atomic E-state index is -2.30. The lowest BCUT2D eigenvalue weighted by molar-refractivity contribution is -0.142. The van der Waals surface area contributed by atoms with Crippen LogP contribution >= 0.6 is 46.4 Å². The number of nitrogens with one attached hydrogen (secondary N) is 2. The van der Waals surface area contributed by atoms with Crippen molar-refractivity contribution in [2.24, 2.45) is 0 Å². The van der Waals surface area contributed by atoms with Crippen LogP contribution in [0.3, 0.4) is 0 Å². The Kier molecular flexibility index (Phi) is 12.8. The summed E-state index contributed by atoms with van der Waals surface area (Å²) in [6, 6.07) is 13.7. The first-order valence-corrected chi connectivity index (χ1v) is 18.2. The molecule has 1 unspecified atom stereocenters. The molecule has 3 aromatic rings. The number of esters is 1. The van der Waals surface area contributed by atoms with Gasteiger partial charge in [-0.1, -0.05) is 106 Å². The molecule has 45 heavy (non-hydrogen) atoms. The van der Waals surface area contributed by atoms with Gasteiger partial charge in [-0.05, 0) is 58.6 Å². The molecule has 3 rings (SSSR count). The van der Waals surface area contributed by atoms with Gasteiger partial charge in [-0.25, -0.2) is 4.79 Å². The van der Waals surface area contributed by atoms with Gasteiger partial charge in [0.05, 0.1) is 38.3 Å². The summed E-state index contributed by atoms with van der Waals surface area (Å²) in [6.07, 6.45) is 0.102.